The van der Waals surface area contributed by atoms with Gasteiger partial charge >= 0.3 is 0 Å². The highest BCUT2D eigenvalue weighted by Gasteiger charge is 1.93. The Bertz CT molecular complexity index is 447. The number of fused-ring (bicyclic) bond motifs is 1. The van der Waals surface area contributed by atoms with Crippen LogP contribution in [0.3, 0.4) is 0 Å². The first-order valence-corrected chi connectivity index (χ1v) is 3.85. The number of hydrogen-bond donors (Lipinski definition) is 2. The van der Waals surface area contributed by atoms with E-state index in [1.165, 1.54) is 5.56 Å². The minimum Gasteiger partial charge on any atom is -0.331 e. The van der Waals surface area contributed by atoms with E-state index in [1.807, 2.05) is 6.07 Å². The summed E-state index contributed by atoms with van der Waals surface area (Å²) in [5.41, 5.74) is 3.39. The van der Waals surface area contributed by atoms with Crippen molar-refractivity contribution in [2.75, 3.05) is 0 Å². The van der Waals surface area contributed by atoms with Crippen molar-refractivity contribution in [3.63, 3.8) is 0 Å². The Morgan fingerprint density at radius 1 is 1.27 bits per heavy atom. The zero-order valence-electron chi connectivity index (χ0n) is 6.14. The molecular weight excluding hydrogens is 156 g/mol. The smallest absolute Gasteiger partial charge is 0.175 e. The number of imidazole rings is 1. The maximum Gasteiger partial charge on any atom is 0.175 e. The quantitative estimate of drug-likeness (QED) is 0.582. The van der Waals surface area contributed by atoms with Crippen molar-refractivity contribution in [3.8, 4) is 0 Å². The Balaban J connectivity index is 0.000000720. The van der Waals surface area contributed by atoms with E-state index in [9.17, 15) is 0 Å². The molecule has 0 bridgehead atoms. The molecule has 1 aromatic heterocycles. The molecular formula is C8H12N2S. The molecule has 0 saturated carbocycles. The highest BCUT2D eigenvalue weighted by molar-refractivity contribution is 7.71. The van der Waals surface area contributed by atoms with Gasteiger partial charge in [0.05, 0.1) is 11.0 Å². The SMILES string of the molecule is Cc1ccc2[nH]c(=S)[nH]c2c1.[HH].[HH]. The van der Waals surface area contributed by atoms with E-state index in [1.54, 1.807) is 0 Å². The van der Waals surface area contributed by atoms with E-state index in [4.69, 9.17) is 12.2 Å². The van der Waals surface area contributed by atoms with E-state index in [0.29, 0.717) is 4.77 Å². The second-order valence-corrected chi connectivity index (χ2v) is 3.04. The Labute approximate surface area is 72.2 Å². The summed E-state index contributed by atoms with van der Waals surface area (Å²) in [4.78, 5) is 6.10. The van der Waals surface area contributed by atoms with Gasteiger partial charge in [-0.1, -0.05) is 6.07 Å². The third-order valence-electron chi connectivity index (χ3n) is 1.67. The van der Waals surface area contributed by atoms with Crippen molar-refractivity contribution < 1.29 is 2.85 Å². The minimum absolute atomic E-state index is 0. The monoisotopic (exact) mass is 168 g/mol. The first-order valence-electron chi connectivity index (χ1n) is 3.44. The molecule has 0 aliphatic rings. The van der Waals surface area contributed by atoms with E-state index < -0.39 is 0 Å². The number of H-pyrrole nitrogens is 2. The van der Waals surface area contributed by atoms with Crippen LogP contribution in [0.15, 0.2) is 18.2 Å². The normalized spacial score (nSPS) is 10.6. The summed E-state index contributed by atoms with van der Waals surface area (Å²) < 4.78 is 0.686. The van der Waals surface area contributed by atoms with Crippen molar-refractivity contribution >= 4 is 23.3 Å². The lowest BCUT2D eigenvalue weighted by Gasteiger charge is -1.89. The third-order valence-corrected chi connectivity index (χ3v) is 1.88. The predicted octanol–water partition coefficient (Wildman–Crippen LogP) is 3.03. The summed E-state index contributed by atoms with van der Waals surface area (Å²) in [5, 5.41) is 0. The maximum absolute atomic E-state index is 4.95. The molecule has 3 heteroatoms. The number of aromatic amines is 2. The molecule has 2 nitrogen and oxygen atoms in total. The molecule has 0 fully saturated rings. The average molecular weight is 168 g/mol. The molecule has 0 spiro atoms. The van der Waals surface area contributed by atoms with Crippen LogP contribution in [0, 0.1) is 11.7 Å². The van der Waals surface area contributed by atoms with Gasteiger partial charge in [-0.3, -0.25) is 0 Å². The summed E-state index contributed by atoms with van der Waals surface area (Å²) in [6, 6.07) is 6.15. The van der Waals surface area contributed by atoms with E-state index in [2.05, 4.69) is 29.0 Å². The molecule has 2 rings (SSSR count). The van der Waals surface area contributed by atoms with Crippen LogP contribution >= 0.6 is 12.2 Å². The molecule has 0 saturated heterocycles. The molecule has 2 N–H and O–H groups in total. The van der Waals surface area contributed by atoms with E-state index in [-0.39, 0.29) is 2.85 Å². The summed E-state index contributed by atoms with van der Waals surface area (Å²) in [5.74, 6) is 0. The van der Waals surface area contributed by atoms with Gasteiger partial charge in [-0.05, 0) is 36.8 Å². The van der Waals surface area contributed by atoms with Crippen molar-refractivity contribution in [1.82, 2.24) is 9.97 Å². The molecule has 0 aliphatic carbocycles. The highest BCUT2D eigenvalue weighted by Crippen LogP contribution is 2.10. The van der Waals surface area contributed by atoms with Crippen molar-refractivity contribution in [2.24, 2.45) is 0 Å². The Morgan fingerprint density at radius 3 is 2.82 bits per heavy atom. The number of benzene rings is 1. The fraction of sp³-hybridized carbons (Fsp3) is 0.125. The topological polar surface area (TPSA) is 31.6 Å². The van der Waals surface area contributed by atoms with E-state index in [0.717, 1.165) is 11.0 Å². The number of rotatable bonds is 0. The molecule has 1 aromatic carbocycles. The minimum atomic E-state index is 0. The molecule has 0 unspecified atom stereocenters. The summed E-state index contributed by atoms with van der Waals surface area (Å²) in [6.07, 6.45) is 0. The summed E-state index contributed by atoms with van der Waals surface area (Å²) in [6.45, 7) is 2.06. The standard InChI is InChI=1S/C8H8N2S.2H2/c1-5-2-3-6-7(4-5)10-8(11)9-6;;/h2-4H,1H3,(H2,9,10,11);2*1H. The van der Waals surface area contributed by atoms with Gasteiger partial charge in [0.25, 0.3) is 0 Å². The number of aromatic nitrogens is 2. The van der Waals surface area contributed by atoms with Crippen LogP contribution in [-0.4, -0.2) is 9.97 Å². The first-order chi connectivity index (χ1) is 5.25. The molecule has 11 heavy (non-hydrogen) atoms. The molecule has 60 valence electrons. The maximum atomic E-state index is 4.95. The molecule has 0 radical (unpaired) electrons. The van der Waals surface area contributed by atoms with Crippen LogP contribution in [0.1, 0.15) is 8.42 Å². The van der Waals surface area contributed by atoms with Crippen molar-refractivity contribution in [3.05, 3.63) is 28.5 Å². The predicted molar refractivity (Wildman–Crippen MR) is 52.4 cm³/mol. The lowest BCUT2D eigenvalue weighted by atomic mass is 10.2. The Morgan fingerprint density at radius 2 is 2.00 bits per heavy atom. The molecule has 2 aromatic rings. The van der Waals surface area contributed by atoms with Crippen molar-refractivity contribution in [1.29, 1.82) is 0 Å². The number of hydrogen-bond acceptors (Lipinski definition) is 1. The van der Waals surface area contributed by atoms with Gasteiger partial charge in [0.2, 0.25) is 0 Å². The van der Waals surface area contributed by atoms with Crippen LogP contribution in [0.4, 0.5) is 0 Å². The number of nitrogens with one attached hydrogen (secondary N) is 2. The fourth-order valence-electron chi connectivity index (χ4n) is 1.15. The second-order valence-electron chi connectivity index (χ2n) is 2.63. The van der Waals surface area contributed by atoms with Crippen molar-refractivity contribution in [2.45, 2.75) is 6.92 Å². The zero-order valence-corrected chi connectivity index (χ0v) is 6.96. The van der Waals surface area contributed by atoms with Gasteiger partial charge in [0.1, 0.15) is 0 Å². The van der Waals surface area contributed by atoms with Gasteiger partial charge in [-0.25, -0.2) is 0 Å². The van der Waals surface area contributed by atoms with Gasteiger partial charge < -0.3 is 9.97 Å². The van der Waals surface area contributed by atoms with Crippen LogP contribution in [0.2, 0.25) is 0 Å². The molecule has 0 amide bonds. The Hall–Kier alpha value is -1.09. The highest BCUT2D eigenvalue weighted by atomic mass is 32.1. The number of aryl methyl sites for hydroxylation is 1. The van der Waals surface area contributed by atoms with Gasteiger partial charge in [0, 0.05) is 2.85 Å². The van der Waals surface area contributed by atoms with Gasteiger partial charge in [-0.2, -0.15) is 0 Å². The summed E-state index contributed by atoms with van der Waals surface area (Å²) >= 11 is 4.95. The molecule has 1 heterocycles. The van der Waals surface area contributed by atoms with Crippen LogP contribution in [0.25, 0.3) is 11.0 Å². The average Bonchev–Trinajstić information content (AvgIpc) is 2.27. The van der Waals surface area contributed by atoms with Crippen LogP contribution < -0.4 is 0 Å². The fourth-order valence-corrected chi connectivity index (χ4v) is 1.37. The lowest BCUT2D eigenvalue weighted by molar-refractivity contribution is 1.30. The summed E-state index contributed by atoms with van der Waals surface area (Å²) in [7, 11) is 0. The largest absolute Gasteiger partial charge is 0.331 e. The third kappa shape index (κ3) is 1.07. The van der Waals surface area contributed by atoms with Gasteiger partial charge in [0.15, 0.2) is 4.77 Å². The van der Waals surface area contributed by atoms with Gasteiger partial charge in [-0.15, -0.1) is 0 Å². The lowest BCUT2D eigenvalue weighted by Crippen LogP contribution is -1.71. The molecule has 0 aliphatic heterocycles. The zero-order chi connectivity index (χ0) is 7.84. The second kappa shape index (κ2) is 2.20. The van der Waals surface area contributed by atoms with E-state index >= 15 is 0 Å². The van der Waals surface area contributed by atoms with Crippen LogP contribution in [-0.2, 0) is 0 Å². The Kier molecular flexibility index (Phi) is 1.32. The molecule has 0 atom stereocenters. The first kappa shape index (κ1) is 6.61. The van der Waals surface area contributed by atoms with Crippen LogP contribution in [0.5, 0.6) is 0 Å².